The Morgan fingerprint density at radius 3 is 1.50 bits per heavy atom. The first-order valence-corrected chi connectivity index (χ1v) is 25.6. The first-order valence-electron chi connectivity index (χ1n) is 21.5. The molecule has 0 unspecified atom stereocenters. The van der Waals surface area contributed by atoms with Crippen LogP contribution in [0.3, 0.4) is 0 Å². The summed E-state index contributed by atoms with van der Waals surface area (Å²) in [5.74, 6) is -5.69. The van der Waals surface area contributed by atoms with Crippen LogP contribution in [0, 0.1) is 23.3 Å². The van der Waals surface area contributed by atoms with Gasteiger partial charge in [-0.25, -0.2) is 44.4 Å². The third-order valence-corrected chi connectivity index (χ3v) is 13.9. The first kappa shape index (κ1) is 54.2. The van der Waals surface area contributed by atoms with Gasteiger partial charge in [0.15, 0.2) is 11.6 Å². The number of aromatic amines is 2. The highest BCUT2D eigenvalue weighted by Crippen LogP contribution is 2.32. The Morgan fingerprint density at radius 1 is 0.639 bits per heavy atom. The molecule has 4 aromatic carbocycles. The third-order valence-electron chi connectivity index (χ3n) is 10.5. The summed E-state index contributed by atoms with van der Waals surface area (Å²) in [4.78, 5) is 40.0. The summed E-state index contributed by atoms with van der Waals surface area (Å²) < 4.78 is 121. The molecule has 0 atom stereocenters. The zero-order valence-electron chi connectivity index (χ0n) is 38.6. The molecule has 0 radical (unpaired) electrons. The van der Waals surface area contributed by atoms with E-state index in [4.69, 9.17) is 19.5 Å². The SMILES string of the molecule is CCCS(=O)(=O)Nc1ccc(F)c(C(=O)c2c[nH]c3ncc(-c4ccc(OC)cc4)cc23)c1F.CCCS(=O)(=O)Nc1ccc(F)c(C(=O)c2c[nH]c3ncc(Br)cc23)c1F.COc1ccc(B(O)O)cc1. The summed E-state index contributed by atoms with van der Waals surface area (Å²) in [6.07, 6.45) is 6.38. The standard InChI is InChI=1S/C24H21F2N3O4S.C17H14BrF2N3O3S.C7H9BO3/c1-3-10-34(31,32)29-20-9-8-19(25)21(22(20)26)23(30)18-13-28-24-17(18)11-15(12-27-24)14-4-6-16(33-2)7-5-14;1-2-5-27(25,26)23-13-4-3-12(19)14(15(13)20)16(24)11-8-22-17-10(11)6-9(18)7-21-17;1-11-7-4-2-6(3-5-7)8(9)10/h4-9,11-13,29H,3,10H2,1-2H3,(H,27,28);3-4,6-8,23H,2,5H2,1H3,(H,21,22);2-5,9-10H,1H3. The lowest BCUT2D eigenvalue weighted by molar-refractivity contribution is 0.102. The van der Waals surface area contributed by atoms with Crippen molar-refractivity contribution in [3.63, 3.8) is 0 Å². The van der Waals surface area contributed by atoms with Crippen molar-refractivity contribution in [2.24, 2.45) is 0 Å². The predicted octanol–water partition coefficient (Wildman–Crippen LogP) is 8.26. The van der Waals surface area contributed by atoms with Crippen LogP contribution in [0.1, 0.15) is 58.5 Å². The molecular weight excluding hydrogens is 1050 g/mol. The molecule has 72 heavy (non-hydrogen) atoms. The van der Waals surface area contributed by atoms with Gasteiger partial charge in [0.1, 0.15) is 34.4 Å². The number of ketones is 2. The number of fused-ring (bicyclic) bond motifs is 2. The summed E-state index contributed by atoms with van der Waals surface area (Å²) in [5.41, 5.74) is 0.0522. The zero-order valence-corrected chi connectivity index (χ0v) is 41.8. The van der Waals surface area contributed by atoms with E-state index < -0.39 is 84.5 Å². The van der Waals surface area contributed by atoms with Gasteiger partial charge < -0.3 is 29.5 Å². The highest BCUT2D eigenvalue weighted by Gasteiger charge is 2.28. The smallest absolute Gasteiger partial charge is 0.488 e. The molecule has 0 aliphatic carbocycles. The number of hydrogen-bond donors (Lipinski definition) is 6. The lowest BCUT2D eigenvalue weighted by Gasteiger charge is -2.11. The highest BCUT2D eigenvalue weighted by atomic mass is 79.9. The number of ether oxygens (including phenoxy) is 2. The van der Waals surface area contributed by atoms with Crippen LogP contribution in [0.4, 0.5) is 28.9 Å². The molecule has 0 amide bonds. The molecule has 8 aromatic rings. The summed E-state index contributed by atoms with van der Waals surface area (Å²) in [6, 6.07) is 20.6. The van der Waals surface area contributed by atoms with Crippen LogP contribution >= 0.6 is 15.9 Å². The van der Waals surface area contributed by atoms with E-state index >= 15 is 4.39 Å². The molecule has 0 saturated heterocycles. The molecule has 8 rings (SSSR count). The van der Waals surface area contributed by atoms with Gasteiger partial charge in [-0.1, -0.05) is 38.1 Å². The molecular formula is C48H44BBrF4N6O10S2. The van der Waals surface area contributed by atoms with Crippen molar-refractivity contribution in [1.82, 2.24) is 19.9 Å². The number of anilines is 2. The average molecular weight is 1100 g/mol. The first-order chi connectivity index (χ1) is 34.2. The van der Waals surface area contributed by atoms with Crippen molar-refractivity contribution in [1.29, 1.82) is 0 Å². The fourth-order valence-corrected chi connectivity index (χ4v) is 9.59. The van der Waals surface area contributed by atoms with E-state index in [9.17, 15) is 39.6 Å². The van der Waals surface area contributed by atoms with Gasteiger partial charge >= 0.3 is 7.12 Å². The van der Waals surface area contributed by atoms with Crippen molar-refractivity contribution >= 4 is 93.6 Å². The van der Waals surface area contributed by atoms with Crippen LogP contribution in [-0.4, -0.2) is 91.2 Å². The second-order valence-corrected chi connectivity index (χ2v) is 20.1. The number of rotatable bonds is 16. The topological polar surface area (TPSA) is 243 Å². The zero-order chi connectivity index (χ0) is 52.5. The molecule has 0 aliphatic heterocycles. The van der Waals surface area contributed by atoms with Gasteiger partial charge in [-0.2, -0.15) is 0 Å². The number of nitrogens with one attached hydrogen (secondary N) is 4. The van der Waals surface area contributed by atoms with Crippen LogP contribution in [0.5, 0.6) is 11.5 Å². The van der Waals surface area contributed by atoms with Gasteiger partial charge in [-0.15, -0.1) is 0 Å². The quantitative estimate of drug-likeness (QED) is 0.0304. The van der Waals surface area contributed by atoms with E-state index in [1.54, 1.807) is 82.8 Å². The van der Waals surface area contributed by atoms with Gasteiger partial charge in [0, 0.05) is 56.7 Å². The molecule has 6 N–H and O–H groups in total. The molecule has 0 saturated carbocycles. The van der Waals surface area contributed by atoms with Crippen LogP contribution in [0.15, 0.2) is 114 Å². The number of hydrogen-bond acceptors (Lipinski definition) is 12. The lowest BCUT2D eigenvalue weighted by Crippen LogP contribution is -2.29. The molecule has 4 heterocycles. The van der Waals surface area contributed by atoms with Crippen molar-refractivity contribution in [2.45, 2.75) is 26.7 Å². The number of benzene rings is 4. The largest absolute Gasteiger partial charge is 0.497 e. The second kappa shape index (κ2) is 23.4. The van der Waals surface area contributed by atoms with E-state index in [1.807, 2.05) is 12.1 Å². The van der Waals surface area contributed by atoms with Crippen LogP contribution in [0.2, 0.25) is 0 Å². The van der Waals surface area contributed by atoms with E-state index in [2.05, 4.69) is 45.3 Å². The summed E-state index contributed by atoms with van der Waals surface area (Å²) in [5, 5.41) is 18.2. The fourth-order valence-electron chi connectivity index (χ4n) is 7.00. The Labute approximate surface area is 419 Å². The maximum Gasteiger partial charge on any atom is 0.488 e. The number of aromatic nitrogens is 4. The number of carbonyl (C=O) groups excluding carboxylic acids is 2. The van der Waals surface area contributed by atoms with Crippen LogP contribution in [0.25, 0.3) is 33.2 Å². The Balaban J connectivity index is 0.000000198. The van der Waals surface area contributed by atoms with Crippen molar-refractivity contribution < 1.29 is 63.5 Å². The average Bonchev–Trinajstić information content (AvgIpc) is 3.98. The molecule has 4 aromatic heterocycles. The minimum Gasteiger partial charge on any atom is -0.497 e. The summed E-state index contributed by atoms with van der Waals surface area (Å²) >= 11 is 3.23. The monoisotopic (exact) mass is 1090 g/mol. The second-order valence-electron chi connectivity index (χ2n) is 15.5. The van der Waals surface area contributed by atoms with Gasteiger partial charge in [-0.3, -0.25) is 19.0 Å². The number of nitrogens with zero attached hydrogens (tertiary/aromatic N) is 2. The van der Waals surface area contributed by atoms with Crippen molar-refractivity contribution in [2.75, 3.05) is 35.2 Å². The van der Waals surface area contributed by atoms with Crippen LogP contribution in [-0.2, 0) is 20.0 Å². The number of carbonyl (C=O) groups is 2. The van der Waals surface area contributed by atoms with E-state index in [0.717, 1.165) is 29.8 Å². The lowest BCUT2D eigenvalue weighted by atomic mass is 9.80. The number of halogens is 5. The molecule has 0 spiro atoms. The highest BCUT2D eigenvalue weighted by molar-refractivity contribution is 9.10. The molecule has 24 heteroatoms. The molecule has 0 bridgehead atoms. The normalized spacial score (nSPS) is 11.3. The van der Waals surface area contributed by atoms with Crippen molar-refractivity contribution in [3.8, 4) is 22.6 Å². The number of pyridine rings is 2. The van der Waals surface area contributed by atoms with Crippen LogP contribution < -0.4 is 24.4 Å². The molecule has 16 nitrogen and oxygen atoms in total. The van der Waals surface area contributed by atoms with E-state index in [0.29, 0.717) is 61.9 Å². The third kappa shape index (κ3) is 12.9. The Bertz CT molecular complexity index is 3490. The van der Waals surface area contributed by atoms with Gasteiger partial charge in [0.05, 0.1) is 48.2 Å². The Morgan fingerprint density at radius 2 is 1.07 bits per heavy atom. The van der Waals surface area contributed by atoms with Gasteiger partial charge in [0.25, 0.3) is 0 Å². The van der Waals surface area contributed by atoms with Gasteiger partial charge in [-0.05, 0) is 100 Å². The predicted molar refractivity (Wildman–Crippen MR) is 270 cm³/mol. The fraction of sp³-hybridized carbons (Fsp3) is 0.167. The van der Waals surface area contributed by atoms with E-state index in [1.165, 1.54) is 18.6 Å². The minimum absolute atomic E-state index is 0.00391. The maximum absolute atomic E-state index is 15.1. The number of H-pyrrole nitrogens is 2. The van der Waals surface area contributed by atoms with Crippen molar-refractivity contribution in [3.05, 3.63) is 160 Å². The molecule has 0 aliphatic rings. The Kier molecular flexibility index (Phi) is 17.6. The molecule has 376 valence electrons. The Hall–Kier alpha value is -7.12. The van der Waals surface area contributed by atoms with E-state index in [-0.39, 0.29) is 22.6 Å². The maximum atomic E-state index is 15.1. The molecule has 0 fully saturated rings. The number of sulfonamides is 2. The van der Waals surface area contributed by atoms with Gasteiger partial charge in [0.2, 0.25) is 31.6 Å². The number of methoxy groups -OCH3 is 2. The minimum atomic E-state index is -3.84. The summed E-state index contributed by atoms with van der Waals surface area (Å²) in [6.45, 7) is 3.30. The summed E-state index contributed by atoms with van der Waals surface area (Å²) in [7, 11) is -5.93.